The smallest absolute Gasteiger partial charge is 0.253 e. The van der Waals surface area contributed by atoms with Gasteiger partial charge in [0.1, 0.15) is 5.82 Å². The van der Waals surface area contributed by atoms with E-state index < -0.39 is 0 Å². The summed E-state index contributed by atoms with van der Waals surface area (Å²) in [5.41, 5.74) is 2.57. The number of fused-ring (bicyclic) bond motifs is 1. The Balaban J connectivity index is 1.46. The van der Waals surface area contributed by atoms with Gasteiger partial charge in [-0.05, 0) is 54.7 Å². The van der Waals surface area contributed by atoms with Crippen LogP contribution in [0, 0.1) is 5.82 Å². The summed E-state index contributed by atoms with van der Waals surface area (Å²) in [5, 5.41) is 4.45. The molecule has 3 nitrogen and oxygen atoms in total. The van der Waals surface area contributed by atoms with E-state index in [1.165, 1.54) is 17.7 Å². The van der Waals surface area contributed by atoms with E-state index in [9.17, 15) is 9.18 Å². The van der Waals surface area contributed by atoms with Crippen molar-refractivity contribution in [3.8, 4) is 0 Å². The van der Waals surface area contributed by atoms with Crippen molar-refractivity contribution < 1.29 is 9.18 Å². The Labute approximate surface area is 150 Å². The number of halogens is 2. The van der Waals surface area contributed by atoms with Gasteiger partial charge in [0.15, 0.2) is 0 Å². The van der Waals surface area contributed by atoms with Crippen LogP contribution in [0.25, 0.3) is 10.9 Å². The maximum atomic E-state index is 13.5. The molecule has 0 unspecified atom stereocenters. The maximum absolute atomic E-state index is 13.5. The van der Waals surface area contributed by atoms with Crippen LogP contribution >= 0.6 is 11.6 Å². The maximum Gasteiger partial charge on any atom is 0.253 e. The molecule has 0 spiro atoms. The molecule has 5 heteroatoms. The molecule has 128 valence electrons. The summed E-state index contributed by atoms with van der Waals surface area (Å²) in [6.07, 6.45) is 3.54. The molecule has 0 bridgehead atoms. The first-order valence-electron chi connectivity index (χ1n) is 8.32. The normalized spacial score (nSPS) is 19.6. The molecule has 2 aromatic carbocycles. The van der Waals surface area contributed by atoms with Crippen molar-refractivity contribution in [1.29, 1.82) is 0 Å². The third-order valence-electron chi connectivity index (χ3n) is 4.99. The summed E-state index contributed by atoms with van der Waals surface area (Å²) >= 11 is 6.04. The molecule has 1 amide bonds. The van der Waals surface area contributed by atoms with Gasteiger partial charge in [-0.2, -0.15) is 0 Å². The van der Waals surface area contributed by atoms with Gasteiger partial charge in [-0.1, -0.05) is 23.7 Å². The van der Waals surface area contributed by atoms with Crippen molar-refractivity contribution in [1.82, 2.24) is 9.88 Å². The summed E-state index contributed by atoms with van der Waals surface area (Å²) in [6.45, 7) is 0. The Morgan fingerprint density at radius 1 is 1.24 bits per heavy atom. The predicted molar refractivity (Wildman–Crippen MR) is 97.6 cm³/mol. The van der Waals surface area contributed by atoms with Gasteiger partial charge >= 0.3 is 0 Å². The van der Waals surface area contributed by atoms with Crippen molar-refractivity contribution >= 4 is 28.4 Å². The standard InChI is InChI=1S/C20H18ClFN2O/c1-24-11-18(17-10-15(22)5-6-19(17)24)20(25)23-16-8-13(9-16)12-3-2-4-14(21)7-12/h2-7,10-11,13,16H,8-9H2,1H3,(H,23,25). The van der Waals surface area contributed by atoms with Crippen LogP contribution < -0.4 is 5.32 Å². The second-order valence-corrected chi connectivity index (χ2v) is 7.15. The molecule has 4 rings (SSSR count). The first-order valence-corrected chi connectivity index (χ1v) is 8.70. The van der Waals surface area contributed by atoms with E-state index in [4.69, 9.17) is 11.6 Å². The summed E-state index contributed by atoms with van der Waals surface area (Å²) in [5.74, 6) is -0.0582. The number of aryl methyl sites for hydroxylation is 1. The average Bonchev–Trinajstić information content (AvgIpc) is 2.86. The summed E-state index contributed by atoms with van der Waals surface area (Å²) in [6, 6.07) is 12.5. The lowest BCUT2D eigenvalue weighted by atomic mass is 9.76. The molecule has 1 aromatic heterocycles. The number of nitrogens with zero attached hydrogens (tertiary/aromatic N) is 1. The van der Waals surface area contributed by atoms with E-state index in [1.54, 1.807) is 12.3 Å². The van der Waals surface area contributed by atoms with Crippen LogP contribution in [0.1, 0.15) is 34.7 Å². The molecule has 3 aromatic rings. The van der Waals surface area contributed by atoms with Gasteiger partial charge in [0, 0.05) is 35.2 Å². The number of hydrogen-bond acceptors (Lipinski definition) is 1. The van der Waals surface area contributed by atoms with Crippen LogP contribution in [-0.4, -0.2) is 16.5 Å². The molecule has 0 atom stereocenters. The number of aromatic nitrogens is 1. The van der Waals surface area contributed by atoms with Gasteiger partial charge in [0.05, 0.1) is 5.56 Å². The molecular formula is C20H18ClFN2O. The first-order chi connectivity index (χ1) is 12.0. The van der Waals surface area contributed by atoms with Crippen molar-refractivity contribution in [2.45, 2.75) is 24.8 Å². The van der Waals surface area contributed by atoms with E-state index in [2.05, 4.69) is 11.4 Å². The Bertz CT molecular complexity index is 959. The van der Waals surface area contributed by atoms with Crippen LogP contribution in [-0.2, 0) is 7.05 Å². The lowest BCUT2D eigenvalue weighted by molar-refractivity contribution is 0.0910. The van der Waals surface area contributed by atoms with Gasteiger partial charge in [-0.3, -0.25) is 4.79 Å². The van der Waals surface area contributed by atoms with E-state index in [0.29, 0.717) is 16.9 Å². The van der Waals surface area contributed by atoms with Gasteiger partial charge in [0.25, 0.3) is 5.91 Å². The minimum absolute atomic E-state index is 0.139. The number of hydrogen-bond donors (Lipinski definition) is 1. The topological polar surface area (TPSA) is 34.0 Å². The van der Waals surface area contributed by atoms with Gasteiger partial charge in [-0.25, -0.2) is 4.39 Å². The number of carbonyl (C=O) groups excluding carboxylic acids is 1. The fourth-order valence-electron chi connectivity index (χ4n) is 3.58. The Hall–Kier alpha value is -2.33. The molecule has 1 fully saturated rings. The quantitative estimate of drug-likeness (QED) is 0.728. The number of benzene rings is 2. The van der Waals surface area contributed by atoms with Crippen molar-refractivity contribution in [3.05, 3.63) is 70.6 Å². The lowest BCUT2D eigenvalue weighted by Crippen LogP contribution is -2.43. The van der Waals surface area contributed by atoms with Crippen LogP contribution in [0.2, 0.25) is 5.02 Å². The van der Waals surface area contributed by atoms with E-state index in [1.807, 2.05) is 29.8 Å². The molecule has 0 saturated heterocycles. The lowest BCUT2D eigenvalue weighted by Gasteiger charge is -2.36. The fraction of sp³-hybridized carbons (Fsp3) is 0.250. The monoisotopic (exact) mass is 356 g/mol. The molecule has 1 aliphatic carbocycles. The number of nitrogens with one attached hydrogen (secondary N) is 1. The Morgan fingerprint density at radius 2 is 2.04 bits per heavy atom. The summed E-state index contributed by atoms with van der Waals surface area (Å²) in [4.78, 5) is 12.6. The molecule has 0 aliphatic heterocycles. The fourth-order valence-corrected chi connectivity index (χ4v) is 3.78. The summed E-state index contributed by atoms with van der Waals surface area (Å²) < 4.78 is 15.4. The van der Waals surface area contributed by atoms with Crippen LogP contribution in [0.5, 0.6) is 0 Å². The molecule has 1 N–H and O–H groups in total. The predicted octanol–water partition coefficient (Wildman–Crippen LogP) is 4.65. The zero-order valence-corrected chi connectivity index (χ0v) is 14.6. The highest BCUT2D eigenvalue weighted by atomic mass is 35.5. The van der Waals surface area contributed by atoms with Gasteiger partial charge in [0.2, 0.25) is 0 Å². The Morgan fingerprint density at radius 3 is 2.80 bits per heavy atom. The molecule has 1 saturated carbocycles. The first kappa shape index (κ1) is 16.2. The third-order valence-corrected chi connectivity index (χ3v) is 5.22. The van der Waals surface area contributed by atoms with E-state index in [0.717, 1.165) is 23.4 Å². The minimum Gasteiger partial charge on any atom is -0.350 e. The van der Waals surface area contributed by atoms with E-state index >= 15 is 0 Å². The number of amides is 1. The largest absolute Gasteiger partial charge is 0.350 e. The number of rotatable bonds is 3. The molecule has 1 aliphatic rings. The summed E-state index contributed by atoms with van der Waals surface area (Å²) in [7, 11) is 1.86. The molecule has 1 heterocycles. The molecule has 25 heavy (non-hydrogen) atoms. The van der Waals surface area contributed by atoms with Crippen LogP contribution in [0.4, 0.5) is 4.39 Å². The van der Waals surface area contributed by atoms with Crippen LogP contribution in [0.3, 0.4) is 0 Å². The van der Waals surface area contributed by atoms with Crippen molar-refractivity contribution in [3.63, 3.8) is 0 Å². The van der Waals surface area contributed by atoms with Gasteiger partial charge in [-0.15, -0.1) is 0 Å². The second-order valence-electron chi connectivity index (χ2n) is 6.71. The average molecular weight is 357 g/mol. The van der Waals surface area contributed by atoms with Crippen LogP contribution in [0.15, 0.2) is 48.7 Å². The zero-order valence-electron chi connectivity index (χ0n) is 13.8. The second kappa shape index (κ2) is 6.19. The Kier molecular flexibility index (Phi) is 4.00. The van der Waals surface area contributed by atoms with Crippen molar-refractivity contribution in [2.24, 2.45) is 7.05 Å². The zero-order chi connectivity index (χ0) is 17.6. The van der Waals surface area contributed by atoms with Gasteiger partial charge < -0.3 is 9.88 Å². The highest BCUT2D eigenvalue weighted by Crippen LogP contribution is 2.38. The SMILES string of the molecule is Cn1cc(C(=O)NC2CC(c3cccc(Cl)c3)C2)c2cc(F)ccc21. The van der Waals surface area contributed by atoms with Crippen molar-refractivity contribution in [2.75, 3.05) is 0 Å². The molecular weight excluding hydrogens is 339 g/mol. The minimum atomic E-state index is -0.336. The number of carbonyl (C=O) groups is 1. The highest BCUT2D eigenvalue weighted by Gasteiger charge is 2.32. The van der Waals surface area contributed by atoms with E-state index in [-0.39, 0.29) is 17.8 Å². The highest BCUT2D eigenvalue weighted by molar-refractivity contribution is 6.30. The molecule has 0 radical (unpaired) electrons. The third kappa shape index (κ3) is 3.02.